The fraction of sp³-hybridized carbons (Fsp3) is 0. The number of benzene rings is 1. The van der Waals surface area contributed by atoms with Crippen LogP contribution in [0.25, 0.3) is 0 Å². The van der Waals surface area contributed by atoms with Crippen LogP contribution in [0.4, 0.5) is 11.4 Å². The highest BCUT2D eigenvalue weighted by Gasteiger charge is 2.11. The van der Waals surface area contributed by atoms with Crippen LogP contribution in [0.3, 0.4) is 0 Å². The lowest BCUT2D eigenvalue weighted by atomic mass is 10.1. The molecule has 88 valence electrons. The SMILES string of the molecule is NNc1ccc(Cl)cc1C(=O)Nc1ccsc1. The number of amides is 1. The maximum atomic E-state index is 12.0. The Hall–Kier alpha value is -1.56. The van der Waals surface area contributed by atoms with E-state index in [-0.39, 0.29) is 5.91 Å². The van der Waals surface area contributed by atoms with Gasteiger partial charge in [0.25, 0.3) is 5.91 Å². The second kappa shape index (κ2) is 5.18. The molecule has 0 bridgehead atoms. The first kappa shape index (κ1) is 11.9. The molecule has 2 rings (SSSR count). The molecular formula is C11H10ClN3OS. The number of thiophene rings is 1. The average Bonchev–Trinajstić information content (AvgIpc) is 2.81. The quantitative estimate of drug-likeness (QED) is 0.592. The van der Waals surface area contributed by atoms with Crippen molar-refractivity contribution < 1.29 is 4.79 Å². The van der Waals surface area contributed by atoms with Gasteiger partial charge in [0, 0.05) is 10.4 Å². The van der Waals surface area contributed by atoms with Gasteiger partial charge in [0.1, 0.15) is 0 Å². The van der Waals surface area contributed by atoms with Crippen molar-refractivity contribution in [1.82, 2.24) is 0 Å². The Kier molecular flexibility index (Phi) is 3.63. The van der Waals surface area contributed by atoms with E-state index < -0.39 is 0 Å². The summed E-state index contributed by atoms with van der Waals surface area (Å²) in [6, 6.07) is 6.71. The van der Waals surface area contributed by atoms with E-state index in [9.17, 15) is 4.79 Å². The van der Waals surface area contributed by atoms with Crippen LogP contribution >= 0.6 is 22.9 Å². The van der Waals surface area contributed by atoms with E-state index in [1.54, 1.807) is 18.2 Å². The summed E-state index contributed by atoms with van der Waals surface area (Å²) < 4.78 is 0. The second-order valence-corrected chi connectivity index (χ2v) is 4.52. The number of anilines is 2. The van der Waals surface area contributed by atoms with Crippen LogP contribution in [-0.4, -0.2) is 5.91 Å². The average molecular weight is 268 g/mol. The first-order valence-corrected chi connectivity index (χ1v) is 6.12. The lowest BCUT2D eigenvalue weighted by molar-refractivity contribution is 0.102. The van der Waals surface area contributed by atoms with Gasteiger partial charge in [-0.2, -0.15) is 11.3 Å². The molecule has 6 heteroatoms. The van der Waals surface area contributed by atoms with E-state index in [0.29, 0.717) is 16.3 Å². The summed E-state index contributed by atoms with van der Waals surface area (Å²) in [6.07, 6.45) is 0. The Morgan fingerprint density at radius 2 is 2.18 bits per heavy atom. The van der Waals surface area contributed by atoms with Gasteiger partial charge in [-0.1, -0.05) is 11.6 Å². The minimum atomic E-state index is -0.251. The van der Waals surface area contributed by atoms with Crippen LogP contribution in [0.5, 0.6) is 0 Å². The molecule has 1 aromatic heterocycles. The van der Waals surface area contributed by atoms with Crippen molar-refractivity contribution in [2.24, 2.45) is 5.84 Å². The molecule has 0 saturated carbocycles. The van der Waals surface area contributed by atoms with Crippen LogP contribution in [-0.2, 0) is 0 Å². The maximum Gasteiger partial charge on any atom is 0.257 e. The summed E-state index contributed by atoms with van der Waals surface area (Å²) in [5, 5.41) is 6.97. The monoisotopic (exact) mass is 267 g/mol. The van der Waals surface area contributed by atoms with Crippen molar-refractivity contribution in [1.29, 1.82) is 0 Å². The summed E-state index contributed by atoms with van der Waals surface area (Å²) in [5.41, 5.74) is 4.16. The van der Waals surface area contributed by atoms with Crippen LogP contribution in [0.1, 0.15) is 10.4 Å². The molecule has 4 nitrogen and oxygen atoms in total. The number of hydrogen-bond acceptors (Lipinski definition) is 4. The molecule has 0 aliphatic rings. The molecule has 0 aliphatic heterocycles. The highest BCUT2D eigenvalue weighted by atomic mass is 35.5. The zero-order chi connectivity index (χ0) is 12.3. The van der Waals surface area contributed by atoms with Crippen molar-refractivity contribution in [3.63, 3.8) is 0 Å². The summed E-state index contributed by atoms with van der Waals surface area (Å²) in [6.45, 7) is 0. The molecule has 0 atom stereocenters. The molecule has 0 unspecified atom stereocenters. The molecule has 17 heavy (non-hydrogen) atoms. The molecule has 0 radical (unpaired) electrons. The van der Waals surface area contributed by atoms with Crippen LogP contribution < -0.4 is 16.6 Å². The smallest absolute Gasteiger partial charge is 0.257 e. The van der Waals surface area contributed by atoms with Crippen LogP contribution in [0.15, 0.2) is 35.0 Å². The Labute approximate surface area is 107 Å². The molecule has 1 amide bonds. The van der Waals surface area contributed by atoms with Crippen molar-refractivity contribution >= 4 is 40.2 Å². The zero-order valence-corrected chi connectivity index (χ0v) is 10.3. The largest absolute Gasteiger partial charge is 0.323 e. The van der Waals surface area contributed by atoms with E-state index in [1.807, 2.05) is 16.8 Å². The van der Waals surface area contributed by atoms with Gasteiger partial charge in [0.2, 0.25) is 0 Å². The fourth-order valence-corrected chi connectivity index (χ4v) is 2.12. The van der Waals surface area contributed by atoms with Crippen LogP contribution in [0.2, 0.25) is 5.02 Å². The molecule has 0 aliphatic carbocycles. The third-order valence-corrected chi connectivity index (χ3v) is 3.08. The maximum absolute atomic E-state index is 12.0. The van der Waals surface area contributed by atoms with E-state index in [4.69, 9.17) is 17.4 Å². The van der Waals surface area contributed by atoms with Gasteiger partial charge in [-0.05, 0) is 29.6 Å². The van der Waals surface area contributed by atoms with Crippen molar-refractivity contribution in [2.45, 2.75) is 0 Å². The number of carbonyl (C=O) groups excluding carboxylic acids is 1. The number of carbonyl (C=O) groups is 1. The predicted molar refractivity (Wildman–Crippen MR) is 71.5 cm³/mol. The molecular weight excluding hydrogens is 258 g/mol. The molecule has 1 heterocycles. The molecule has 0 fully saturated rings. The van der Waals surface area contributed by atoms with E-state index in [2.05, 4.69) is 10.7 Å². The van der Waals surface area contributed by atoms with E-state index >= 15 is 0 Å². The highest BCUT2D eigenvalue weighted by Crippen LogP contribution is 2.21. The van der Waals surface area contributed by atoms with Gasteiger partial charge in [-0.25, -0.2) is 0 Å². The Morgan fingerprint density at radius 3 is 2.82 bits per heavy atom. The third kappa shape index (κ3) is 2.76. The van der Waals surface area contributed by atoms with Gasteiger partial charge >= 0.3 is 0 Å². The van der Waals surface area contributed by atoms with Gasteiger partial charge in [-0.15, -0.1) is 0 Å². The minimum absolute atomic E-state index is 0.251. The van der Waals surface area contributed by atoms with Crippen LogP contribution in [0, 0.1) is 0 Å². The first-order valence-electron chi connectivity index (χ1n) is 4.80. The number of hydrogen-bond donors (Lipinski definition) is 3. The van der Waals surface area contributed by atoms with Crippen molar-refractivity contribution in [3.05, 3.63) is 45.6 Å². The molecule has 1 aromatic carbocycles. The summed E-state index contributed by atoms with van der Waals surface area (Å²) >= 11 is 7.36. The van der Waals surface area contributed by atoms with Gasteiger partial charge in [0.05, 0.1) is 16.9 Å². The first-order chi connectivity index (χ1) is 8.20. The molecule has 0 saturated heterocycles. The van der Waals surface area contributed by atoms with Gasteiger partial charge in [-0.3, -0.25) is 10.6 Å². The minimum Gasteiger partial charge on any atom is -0.323 e. The number of rotatable bonds is 3. The lowest BCUT2D eigenvalue weighted by Gasteiger charge is -2.09. The second-order valence-electron chi connectivity index (χ2n) is 3.30. The summed E-state index contributed by atoms with van der Waals surface area (Å²) in [5.74, 6) is 5.09. The lowest BCUT2D eigenvalue weighted by Crippen LogP contribution is -2.16. The Morgan fingerprint density at radius 1 is 1.35 bits per heavy atom. The van der Waals surface area contributed by atoms with E-state index in [0.717, 1.165) is 5.69 Å². The normalized spacial score (nSPS) is 10.0. The number of nitrogen functional groups attached to an aromatic ring is 1. The number of nitrogens with two attached hydrogens (primary N) is 1. The van der Waals surface area contributed by atoms with Gasteiger partial charge in [0.15, 0.2) is 0 Å². The number of halogens is 1. The molecule has 0 spiro atoms. The topological polar surface area (TPSA) is 67.1 Å². The van der Waals surface area contributed by atoms with Crippen molar-refractivity contribution in [2.75, 3.05) is 10.7 Å². The third-order valence-electron chi connectivity index (χ3n) is 2.16. The number of hydrazine groups is 1. The fourth-order valence-electron chi connectivity index (χ4n) is 1.36. The molecule has 2 aromatic rings. The Bertz CT molecular complexity index is 528. The van der Waals surface area contributed by atoms with Crippen molar-refractivity contribution in [3.8, 4) is 0 Å². The zero-order valence-electron chi connectivity index (χ0n) is 8.74. The Balaban J connectivity index is 2.26. The highest BCUT2D eigenvalue weighted by molar-refractivity contribution is 7.08. The molecule has 4 N–H and O–H groups in total. The standard InChI is InChI=1S/C11H10ClN3OS/c12-7-1-2-10(15-13)9(5-7)11(16)14-8-3-4-17-6-8/h1-6,15H,13H2,(H,14,16). The van der Waals surface area contributed by atoms with E-state index in [1.165, 1.54) is 11.3 Å². The summed E-state index contributed by atoms with van der Waals surface area (Å²) in [4.78, 5) is 12.0. The van der Waals surface area contributed by atoms with Gasteiger partial charge < -0.3 is 10.7 Å². The predicted octanol–water partition coefficient (Wildman–Crippen LogP) is 2.94. The summed E-state index contributed by atoms with van der Waals surface area (Å²) in [7, 11) is 0. The number of nitrogens with one attached hydrogen (secondary N) is 2.